The van der Waals surface area contributed by atoms with Crippen LogP contribution in [0.15, 0.2) is 42.5 Å². The van der Waals surface area contributed by atoms with Crippen molar-refractivity contribution in [2.24, 2.45) is 5.84 Å². The standard InChI is InChI=1S/C13H11ClN4O3/c14-8-1-3-9(4-2-8)16-13(19)11-7-10(17-15)5-6-12(11)18(20)21/h1-7,17H,15H2,(H,16,19). The molecule has 8 heteroatoms. The molecule has 21 heavy (non-hydrogen) atoms. The Kier molecular flexibility index (Phi) is 4.36. The van der Waals surface area contributed by atoms with Crippen LogP contribution in [0.1, 0.15) is 10.4 Å². The number of nitrogens with one attached hydrogen (secondary N) is 2. The van der Waals surface area contributed by atoms with Gasteiger partial charge in [0.15, 0.2) is 0 Å². The maximum Gasteiger partial charge on any atom is 0.282 e. The molecule has 7 nitrogen and oxygen atoms in total. The van der Waals surface area contributed by atoms with Gasteiger partial charge in [0.2, 0.25) is 0 Å². The summed E-state index contributed by atoms with van der Waals surface area (Å²) in [6.07, 6.45) is 0. The number of nitrogen functional groups attached to an aromatic ring is 1. The van der Waals surface area contributed by atoms with Crippen molar-refractivity contribution in [1.82, 2.24) is 0 Å². The fraction of sp³-hybridized carbons (Fsp3) is 0. The molecule has 0 saturated carbocycles. The Balaban J connectivity index is 2.33. The number of benzene rings is 2. The first kappa shape index (κ1) is 14.8. The van der Waals surface area contributed by atoms with E-state index in [1.54, 1.807) is 24.3 Å². The van der Waals surface area contributed by atoms with Gasteiger partial charge in [0, 0.05) is 22.5 Å². The summed E-state index contributed by atoms with van der Waals surface area (Å²) in [5, 5.41) is 14.1. The van der Waals surface area contributed by atoms with Gasteiger partial charge in [0.1, 0.15) is 5.56 Å². The highest BCUT2D eigenvalue weighted by Crippen LogP contribution is 2.24. The summed E-state index contributed by atoms with van der Waals surface area (Å²) < 4.78 is 0. The first-order valence-electron chi connectivity index (χ1n) is 5.83. The van der Waals surface area contributed by atoms with E-state index in [2.05, 4.69) is 10.7 Å². The van der Waals surface area contributed by atoms with Crippen LogP contribution in [-0.4, -0.2) is 10.8 Å². The Labute approximate surface area is 124 Å². The van der Waals surface area contributed by atoms with Crippen molar-refractivity contribution in [2.45, 2.75) is 0 Å². The number of nitrogens with zero attached hydrogens (tertiary/aromatic N) is 1. The molecule has 0 radical (unpaired) electrons. The Hall–Kier alpha value is -2.64. The van der Waals surface area contributed by atoms with Gasteiger partial charge < -0.3 is 10.7 Å². The van der Waals surface area contributed by atoms with Gasteiger partial charge in [-0.3, -0.25) is 20.8 Å². The topological polar surface area (TPSA) is 110 Å². The molecule has 0 aromatic heterocycles. The summed E-state index contributed by atoms with van der Waals surface area (Å²) in [4.78, 5) is 22.5. The largest absolute Gasteiger partial charge is 0.324 e. The summed E-state index contributed by atoms with van der Waals surface area (Å²) in [6, 6.07) is 10.3. The summed E-state index contributed by atoms with van der Waals surface area (Å²) >= 11 is 5.75. The van der Waals surface area contributed by atoms with Crippen LogP contribution in [0.25, 0.3) is 0 Å². The normalized spacial score (nSPS) is 10.0. The third kappa shape index (κ3) is 3.47. The molecule has 0 aliphatic carbocycles. The average molecular weight is 307 g/mol. The van der Waals surface area contributed by atoms with E-state index in [0.717, 1.165) is 0 Å². The van der Waals surface area contributed by atoms with Crippen molar-refractivity contribution in [3.05, 3.63) is 63.2 Å². The molecule has 0 aliphatic heterocycles. The van der Waals surface area contributed by atoms with Crippen molar-refractivity contribution in [2.75, 3.05) is 10.7 Å². The van der Waals surface area contributed by atoms with Crippen molar-refractivity contribution in [3.63, 3.8) is 0 Å². The molecule has 0 bridgehead atoms. The van der Waals surface area contributed by atoms with Gasteiger partial charge in [-0.1, -0.05) is 11.6 Å². The second-order valence-corrected chi connectivity index (χ2v) is 4.53. The average Bonchev–Trinajstić information content (AvgIpc) is 2.48. The Morgan fingerprint density at radius 3 is 2.33 bits per heavy atom. The van der Waals surface area contributed by atoms with Gasteiger partial charge >= 0.3 is 0 Å². The number of hydrogen-bond donors (Lipinski definition) is 3. The molecular formula is C13H11ClN4O3. The predicted octanol–water partition coefficient (Wildman–Crippen LogP) is 2.79. The van der Waals surface area contributed by atoms with Gasteiger partial charge in [0.05, 0.1) is 4.92 Å². The lowest BCUT2D eigenvalue weighted by Gasteiger charge is -2.07. The van der Waals surface area contributed by atoms with E-state index < -0.39 is 10.8 Å². The Bertz CT molecular complexity index is 688. The molecule has 4 N–H and O–H groups in total. The second-order valence-electron chi connectivity index (χ2n) is 4.09. The van der Waals surface area contributed by atoms with Crippen molar-refractivity contribution in [3.8, 4) is 0 Å². The number of carbonyl (C=O) groups is 1. The molecule has 0 heterocycles. The van der Waals surface area contributed by atoms with E-state index in [-0.39, 0.29) is 11.3 Å². The van der Waals surface area contributed by atoms with Crippen LogP contribution in [0.3, 0.4) is 0 Å². The quantitative estimate of drug-likeness (QED) is 0.457. The minimum Gasteiger partial charge on any atom is -0.324 e. The van der Waals surface area contributed by atoms with Gasteiger partial charge in [-0.05, 0) is 36.4 Å². The van der Waals surface area contributed by atoms with Crippen LogP contribution in [0, 0.1) is 10.1 Å². The molecule has 2 aromatic carbocycles. The minimum atomic E-state index is -0.628. The van der Waals surface area contributed by atoms with Crippen LogP contribution < -0.4 is 16.6 Å². The molecule has 1 amide bonds. The fourth-order valence-electron chi connectivity index (χ4n) is 1.70. The number of nitrogens with two attached hydrogens (primary N) is 1. The van der Waals surface area contributed by atoms with Gasteiger partial charge in [-0.25, -0.2) is 0 Å². The van der Waals surface area contributed by atoms with Crippen molar-refractivity contribution < 1.29 is 9.72 Å². The molecule has 0 spiro atoms. The van der Waals surface area contributed by atoms with E-state index in [1.165, 1.54) is 18.2 Å². The molecule has 0 saturated heterocycles. The highest BCUT2D eigenvalue weighted by molar-refractivity contribution is 6.30. The number of nitro groups is 1. The number of nitro benzene ring substituents is 1. The number of rotatable bonds is 4. The summed E-state index contributed by atoms with van der Waals surface area (Å²) in [7, 11) is 0. The predicted molar refractivity (Wildman–Crippen MR) is 80.3 cm³/mol. The summed E-state index contributed by atoms with van der Waals surface area (Å²) in [6.45, 7) is 0. The maximum atomic E-state index is 12.2. The number of hydrazine groups is 1. The lowest BCUT2D eigenvalue weighted by Crippen LogP contribution is -2.15. The summed E-state index contributed by atoms with van der Waals surface area (Å²) in [5.41, 5.74) is 2.81. The van der Waals surface area contributed by atoms with E-state index >= 15 is 0 Å². The molecule has 0 atom stereocenters. The number of carbonyl (C=O) groups excluding carboxylic acids is 1. The van der Waals surface area contributed by atoms with Crippen LogP contribution in [0.4, 0.5) is 17.1 Å². The van der Waals surface area contributed by atoms with Gasteiger partial charge in [0.25, 0.3) is 11.6 Å². The van der Waals surface area contributed by atoms with Crippen LogP contribution >= 0.6 is 11.6 Å². The van der Waals surface area contributed by atoms with Crippen molar-refractivity contribution in [1.29, 1.82) is 0 Å². The third-order valence-electron chi connectivity index (χ3n) is 2.71. The molecule has 2 rings (SSSR count). The zero-order valence-electron chi connectivity index (χ0n) is 10.7. The number of halogens is 1. The number of hydrogen-bond acceptors (Lipinski definition) is 5. The summed E-state index contributed by atoms with van der Waals surface area (Å²) in [5.74, 6) is 4.64. The third-order valence-corrected chi connectivity index (χ3v) is 2.96. The highest BCUT2D eigenvalue weighted by Gasteiger charge is 2.20. The molecule has 0 fully saturated rings. The SMILES string of the molecule is NNc1ccc([N+](=O)[O-])c(C(=O)Nc2ccc(Cl)cc2)c1. The van der Waals surface area contributed by atoms with Crippen LogP contribution in [0.2, 0.25) is 5.02 Å². The molecule has 2 aromatic rings. The van der Waals surface area contributed by atoms with E-state index in [0.29, 0.717) is 16.4 Å². The monoisotopic (exact) mass is 306 g/mol. The van der Waals surface area contributed by atoms with Crippen LogP contribution in [-0.2, 0) is 0 Å². The number of anilines is 2. The number of amides is 1. The Morgan fingerprint density at radius 1 is 1.14 bits per heavy atom. The Morgan fingerprint density at radius 2 is 1.76 bits per heavy atom. The maximum absolute atomic E-state index is 12.2. The minimum absolute atomic E-state index is 0.0922. The lowest BCUT2D eigenvalue weighted by atomic mass is 10.1. The molecule has 0 aliphatic rings. The van der Waals surface area contributed by atoms with Gasteiger partial charge in [-0.2, -0.15) is 0 Å². The van der Waals surface area contributed by atoms with E-state index in [1.807, 2.05) is 0 Å². The van der Waals surface area contributed by atoms with Crippen molar-refractivity contribution >= 4 is 34.6 Å². The molecule has 0 unspecified atom stereocenters. The fourth-order valence-corrected chi connectivity index (χ4v) is 1.82. The van der Waals surface area contributed by atoms with E-state index in [4.69, 9.17) is 17.4 Å². The smallest absolute Gasteiger partial charge is 0.282 e. The lowest BCUT2D eigenvalue weighted by molar-refractivity contribution is -0.385. The highest BCUT2D eigenvalue weighted by atomic mass is 35.5. The van der Waals surface area contributed by atoms with Gasteiger partial charge in [-0.15, -0.1) is 0 Å². The second kappa shape index (κ2) is 6.21. The first-order chi connectivity index (χ1) is 10.0. The first-order valence-corrected chi connectivity index (χ1v) is 6.21. The zero-order chi connectivity index (χ0) is 15.4. The molecular weight excluding hydrogens is 296 g/mol. The van der Waals surface area contributed by atoms with Crippen LogP contribution in [0.5, 0.6) is 0 Å². The molecule has 108 valence electrons. The van der Waals surface area contributed by atoms with E-state index in [9.17, 15) is 14.9 Å². The zero-order valence-corrected chi connectivity index (χ0v) is 11.4.